The van der Waals surface area contributed by atoms with E-state index in [2.05, 4.69) is 35.2 Å². The average Bonchev–Trinajstić information content (AvgIpc) is 3.07. The van der Waals surface area contributed by atoms with Crippen molar-refractivity contribution >= 4 is 0 Å². The monoisotopic (exact) mass is 228 g/mol. The van der Waals surface area contributed by atoms with E-state index in [1.165, 1.54) is 5.56 Å². The zero-order valence-electron chi connectivity index (χ0n) is 9.80. The zero-order chi connectivity index (χ0) is 11.7. The Kier molecular flexibility index (Phi) is 2.62. The third-order valence-electron chi connectivity index (χ3n) is 3.84. The normalized spacial score (nSPS) is 26.6. The SMILES string of the molecule is N#CC1OC12CCN(Cc1ccccc1)CC2. The molecule has 88 valence electrons. The number of ether oxygens (including phenoxy) is 1. The Bertz CT molecular complexity index is 429. The van der Waals surface area contributed by atoms with Crippen molar-refractivity contribution in [1.82, 2.24) is 4.90 Å². The molecule has 0 aromatic heterocycles. The van der Waals surface area contributed by atoms with Crippen LogP contribution >= 0.6 is 0 Å². The maximum Gasteiger partial charge on any atom is 0.173 e. The summed E-state index contributed by atoms with van der Waals surface area (Å²) >= 11 is 0. The molecule has 3 heteroatoms. The topological polar surface area (TPSA) is 39.6 Å². The average molecular weight is 228 g/mol. The van der Waals surface area contributed by atoms with E-state index in [1.54, 1.807) is 0 Å². The van der Waals surface area contributed by atoms with Crippen molar-refractivity contribution in [3.05, 3.63) is 35.9 Å². The summed E-state index contributed by atoms with van der Waals surface area (Å²) in [6.45, 7) is 3.08. The van der Waals surface area contributed by atoms with E-state index in [4.69, 9.17) is 10.00 Å². The van der Waals surface area contributed by atoms with Gasteiger partial charge in [-0.1, -0.05) is 30.3 Å². The van der Waals surface area contributed by atoms with Gasteiger partial charge in [0.2, 0.25) is 0 Å². The molecule has 2 aliphatic rings. The summed E-state index contributed by atoms with van der Waals surface area (Å²) in [4.78, 5) is 2.44. The Hall–Kier alpha value is -1.37. The lowest BCUT2D eigenvalue weighted by Gasteiger charge is -2.30. The van der Waals surface area contributed by atoms with Crippen molar-refractivity contribution in [3.63, 3.8) is 0 Å². The van der Waals surface area contributed by atoms with Crippen LogP contribution in [0.1, 0.15) is 18.4 Å². The lowest BCUT2D eigenvalue weighted by Crippen LogP contribution is -2.38. The maximum atomic E-state index is 8.84. The number of hydrogen-bond acceptors (Lipinski definition) is 3. The van der Waals surface area contributed by atoms with E-state index in [-0.39, 0.29) is 11.7 Å². The molecule has 0 radical (unpaired) electrons. The van der Waals surface area contributed by atoms with Gasteiger partial charge in [-0.25, -0.2) is 0 Å². The van der Waals surface area contributed by atoms with Crippen molar-refractivity contribution < 1.29 is 4.74 Å². The number of nitriles is 1. The number of epoxide rings is 1. The molecule has 2 aliphatic heterocycles. The highest BCUT2D eigenvalue weighted by molar-refractivity contribution is 5.17. The van der Waals surface area contributed by atoms with Crippen LogP contribution in [-0.2, 0) is 11.3 Å². The molecule has 17 heavy (non-hydrogen) atoms. The van der Waals surface area contributed by atoms with Crippen LogP contribution in [0.4, 0.5) is 0 Å². The molecule has 3 rings (SSSR count). The molecule has 2 heterocycles. The number of likely N-dealkylation sites (tertiary alicyclic amines) is 1. The summed E-state index contributed by atoms with van der Waals surface area (Å²) in [5.41, 5.74) is 1.28. The van der Waals surface area contributed by atoms with Gasteiger partial charge in [-0.05, 0) is 18.4 Å². The Labute approximate surface area is 102 Å². The molecule has 1 unspecified atom stereocenters. The molecule has 2 saturated heterocycles. The molecule has 1 atom stereocenters. The molecular weight excluding hydrogens is 212 g/mol. The Morgan fingerprint density at radius 2 is 2.00 bits per heavy atom. The first-order chi connectivity index (χ1) is 8.32. The van der Waals surface area contributed by atoms with E-state index < -0.39 is 0 Å². The second kappa shape index (κ2) is 4.14. The van der Waals surface area contributed by atoms with Crippen molar-refractivity contribution in [2.75, 3.05) is 13.1 Å². The molecule has 0 aliphatic carbocycles. The second-order valence-corrected chi connectivity index (χ2v) is 4.95. The fraction of sp³-hybridized carbons (Fsp3) is 0.500. The van der Waals surface area contributed by atoms with Gasteiger partial charge in [0.15, 0.2) is 6.10 Å². The molecule has 1 aromatic rings. The molecule has 0 saturated carbocycles. The summed E-state index contributed by atoms with van der Waals surface area (Å²) in [5, 5.41) is 8.84. The second-order valence-electron chi connectivity index (χ2n) is 4.95. The highest BCUT2D eigenvalue weighted by atomic mass is 16.6. The molecule has 1 aromatic carbocycles. The quantitative estimate of drug-likeness (QED) is 0.726. The van der Waals surface area contributed by atoms with Crippen LogP contribution in [0.25, 0.3) is 0 Å². The highest BCUT2D eigenvalue weighted by Crippen LogP contribution is 2.44. The largest absolute Gasteiger partial charge is 0.350 e. The van der Waals surface area contributed by atoms with Gasteiger partial charge in [0.05, 0.1) is 6.07 Å². The van der Waals surface area contributed by atoms with E-state index in [9.17, 15) is 0 Å². The smallest absolute Gasteiger partial charge is 0.173 e. The maximum absolute atomic E-state index is 8.84. The highest BCUT2D eigenvalue weighted by Gasteiger charge is 2.57. The van der Waals surface area contributed by atoms with Crippen LogP contribution in [0.5, 0.6) is 0 Å². The van der Waals surface area contributed by atoms with Gasteiger partial charge in [0.25, 0.3) is 0 Å². The summed E-state index contributed by atoms with van der Waals surface area (Å²) < 4.78 is 5.51. The van der Waals surface area contributed by atoms with Gasteiger partial charge in [0.1, 0.15) is 5.60 Å². The number of nitrogens with zero attached hydrogens (tertiary/aromatic N) is 2. The molecule has 3 nitrogen and oxygen atoms in total. The predicted octanol–water partition coefficient (Wildman–Crippen LogP) is 1.94. The lowest BCUT2D eigenvalue weighted by atomic mass is 9.93. The number of rotatable bonds is 2. The van der Waals surface area contributed by atoms with E-state index in [0.717, 1.165) is 32.5 Å². The lowest BCUT2D eigenvalue weighted by molar-refractivity contribution is 0.141. The van der Waals surface area contributed by atoms with Gasteiger partial charge in [-0.2, -0.15) is 5.26 Å². The molecular formula is C14H16N2O. The van der Waals surface area contributed by atoms with Crippen LogP contribution in [0.3, 0.4) is 0 Å². The van der Waals surface area contributed by atoms with E-state index in [0.29, 0.717) is 0 Å². The Morgan fingerprint density at radius 3 is 2.59 bits per heavy atom. The fourth-order valence-electron chi connectivity index (χ4n) is 2.66. The summed E-state index contributed by atoms with van der Waals surface area (Å²) in [6.07, 6.45) is 1.86. The minimum absolute atomic E-state index is 0.0814. The van der Waals surface area contributed by atoms with Crippen molar-refractivity contribution in [2.45, 2.75) is 31.1 Å². The van der Waals surface area contributed by atoms with Crippen molar-refractivity contribution in [1.29, 1.82) is 5.26 Å². The summed E-state index contributed by atoms with van der Waals surface area (Å²) in [5.74, 6) is 0. The summed E-state index contributed by atoms with van der Waals surface area (Å²) in [6, 6.07) is 12.8. The predicted molar refractivity (Wildman–Crippen MR) is 64.2 cm³/mol. The molecule has 0 amide bonds. The van der Waals surface area contributed by atoms with Crippen LogP contribution in [0.2, 0.25) is 0 Å². The molecule has 2 fully saturated rings. The zero-order valence-corrected chi connectivity index (χ0v) is 9.80. The molecule has 0 N–H and O–H groups in total. The van der Waals surface area contributed by atoms with Crippen molar-refractivity contribution in [2.24, 2.45) is 0 Å². The van der Waals surface area contributed by atoms with Crippen LogP contribution in [-0.4, -0.2) is 29.7 Å². The number of benzene rings is 1. The van der Waals surface area contributed by atoms with Crippen molar-refractivity contribution in [3.8, 4) is 6.07 Å². The van der Waals surface area contributed by atoms with Gasteiger partial charge < -0.3 is 4.74 Å². The van der Waals surface area contributed by atoms with Gasteiger partial charge in [-0.3, -0.25) is 4.90 Å². The standard InChI is InChI=1S/C14H16N2O/c15-10-13-14(17-13)6-8-16(9-7-14)11-12-4-2-1-3-5-12/h1-5,13H,6-9,11H2. The third kappa shape index (κ3) is 2.06. The molecule has 1 spiro atoms. The number of piperidine rings is 1. The van der Waals surface area contributed by atoms with Gasteiger partial charge >= 0.3 is 0 Å². The minimum Gasteiger partial charge on any atom is -0.350 e. The Balaban J connectivity index is 1.55. The van der Waals surface area contributed by atoms with Crippen LogP contribution in [0, 0.1) is 11.3 Å². The van der Waals surface area contributed by atoms with Gasteiger partial charge in [-0.15, -0.1) is 0 Å². The molecule has 0 bridgehead atoms. The first-order valence-electron chi connectivity index (χ1n) is 6.16. The van der Waals surface area contributed by atoms with Crippen LogP contribution < -0.4 is 0 Å². The van der Waals surface area contributed by atoms with E-state index >= 15 is 0 Å². The van der Waals surface area contributed by atoms with Gasteiger partial charge in [0, 0.05) is 19.6 Å². The summed E-state index contributed by atoms with van der Waals surface area (Å²) in [7, 11) is 0. The first kappa shape index (κ1) is 10.8. The minimum atomic E-state index is -0.138. The van der Waals surface area contributed by atoms with Crippen LogP contribution in [0.15, 0.2) is 30.3 Å². The number of hydrogen-bond donors (Lipinski definition) is 0. The Morgan fingerprint density at radius 1 is 1.29 bits per heavy atom. The first-order valence-corrected chi connectivity index (χ1v) is 6.16. The fourth-order valence-corrected chi connectivity index (χ4v) is 2.66. The van der Waals surface area contributed by atoms with E-state index in [1.807, 2.05) is 6.07 Å². The third-order valence-corrected chi connectivity index (χ3v) is 3.84.